The number of halogens is 3. The zero-order valence-electron chi connectivity index (χ0n) is 11.7. The van der Waals surface area contributed by atoms with Crippen LogP contribution in [0.4, 0.5) is 13.2 Å². The van der Waals surface area contributed by atoms with Crippen molar-refractivity contribution < 1.29 is 13.2 Å². The molecule has 0 saturated carbocycles. The molecule has 0 amide bonds. The van der Waals surface area contributed by atoms with Crippen LogP contribution in [0.2, 0.25) is 0 Å². The Kier molecular flexibility index (Phi) is 4.72. The molecule has 0 unspecified atom stereocenters. The zero-order chi connectivity index (χ0) is 14.8. The lowest BCUT2D eigenvalue weighted by Gasteiger charge is -2.16. The summed E-state index contributed by atoms with van der Waals surface area (Å²) >= 11 is 1.37. The largest absolute Gasteiger partial charge is 0.416 e. The summed E-state index contributed by atoms with van der Waals surface area (Å²) in [6.45, 7) is 9.24. The molecule has 0 saturated heterocycles. The Morgan fingerprint density at radius 3 is 2.21 bits per heavy atom. The van der Waals surface area contributed by atoms with E-state index in [9.17, 15) is 13.2 Å². The quantitative estimate of drug-likeness (QED) is 0.533. The van der Waals surface area contributed by atoms with Crippen molar-refractivity contribution in [3.8, 4) is 0 Å². The van der Waals surface area contributed by atoms with Crippen LogP contribution in [0.1, 0.15) is 44.4 Å². The molecular weight excluding hydrogens is 271 g/mol. The molecule has 1 aromatic rings. The third-order valence-corrected chi connectivity index (χ3v) is 3.40. The van der Waals surface area contributed by atoms with Gasteiger partial charge < -0.3 is 0 Å². The highest BCUT2D eigenvalue weighted by Crippen LogP contribution is 2.33. The van der Waals surface area contributed by atoms with Gasteiger partial charge in [0.25, 0.3) is 0 Å². The molecule has 19 heavy (non-hydrogen) atoms. The number of rotatable bonds is 2. The van der Waals surface area contributed by atoms with Crippen LogP contribution in [0, 0.1) is 6.92 Å². The van der Waals surface area contributed by atoms with Crippen molar-refractivity contribution in [3.63, 3.8) is 0 Å². The van der Waals surface area contributed by atoms with E-state index in [4.69, 9.17) is 0 Å². The molecule has 0 aromatic heterocycles. The van der Waals surface area contributed by atoms with E-state index in [1.54, 1.807) is 13.0 Å². The Morgan fingerprint density at radius 1 is 1.16 bits per heavy atom. The average molecular weight is 289 g/mol. The van der Waals surface area contributed by atoms with Crippen molar-refractivity contribution in [1.29, 1.82) is 0 Å². The van der Waals surface area contributed by atoms with Gasteiger partial charge in [-0.1, -0.05) is 12.1 Å². The van der Waals surface area contributed by atoms with Crippen LogP contribution in [0.3, 0.4) is 0 Å². The van der Waals surface area contributed by atoms with Crippen molar-refractivity contribution in [2.45, 2.75) is 45.5 Å². The molecule has 0 bridgehead atoms. The maximum atomic E-state index is 12.8. The van der Waals surface area contributed by atoms with E-state index in [2.05, 4.69) is 4.40 Å². The predicted octanol–water partition coefficient (Wildman–Crippen LogP) is 5.27. The lowest BCUT2D eigenvalue weighted by molar-refractivity contribution is -0.138. The highest BCUT2D eigenvalue weighted by atomic mass is 32.2. The van der Waals surface area contributed by atoms with E-state index < -0.39 is 11.7 Å². The number of benzene rings is 1. The Hall–Kier alpha value is -0.970. The van der Waals surface area contributed by atoms with Gasteiger partial charge in [0.2, 0.25) is 0 Å². The minimum absolute atomic E-state index is 0.0587. The standard InChI is InChI=1S/C14H18F3NS/c1-9-11(10(2)18-19-13(3,4)5)7-6-8-12(9)14(15,16)17/h6-8H,1-5H3/b18-10+. The molecule has 0 N–H and O–H groups in total. The summed E-state index contributed by atoms with van der Waals surface area (Å²) in [4.78, 5) is 0. The molecule has 0 atom stereocenters. The first kappa shape index (κ1) is 16.1. The van der Waals surface area contributed by atoms with Gasteiger partial charge in [-0.3, -0.25) is 0 Å². The van der Waals surface area contributed by atoms with Gasteiger partial charge in [0.05, 0.1) is 11.3 Å². The molecule has 106 valence electrons. The number of nitrogens with zero attached hydrogens (tertiary/aromatic N) is 1. The molecular formula is C14H18F3NS. The van der Waals surface area contributed by atoms with E-state index in [-0.39, 0.29) is 10.3 Å². The molecule has 0 aliphatic heterocycles. The van der Waals surface area contributed by atoms with Crippen LogP contribution in [-0.4, -0.2) is 10.5 Å². The molecule has 0 fully saturated rings. The lowest BCUT2D eigenvalue weighted by Crippen LogP contribution is -2.11. The summed E-state index contributed by atoms with van der Waals surface area (Å²) in [5, 5.41) is 0. The molecule has 0 aliphatic carbocycles. The predicted molar refractivity (Wildman–Crippen MR) is 75.7 cm³/mol. The monoisotopic (exact) mass is 289 g/mol. The fourth-order valence-corrected chi connectivity index (χ4v) is 2.10. The van der Waals surface area contributed by atoms with Crippen molar-refractivity contribution in [3.05, 3.63) is 34.9 Å². The Balaban J connectivity index is 3.15. The lowest BCUT2D eigenvalue weighted by atomic mass is 9.99. The van der Waals surface area contributed by atoms with E-state index in [0.29, 0.717) is 11.3 Å². The van der Waals surface area contributed by atoms with E-state index in [1.807, 2.05) is 20.8 Å². The second-order valence-electron chi connectivity index (χ2n) is 5.36. The Morgan fingerprint density at radius 2 is 1.74 bits per heavy atom. The summed E-state index contributed by atoms with van der Waals surface area (Å²) < 4.78 is 42.7. The highest BCUT2D eigenvalue weighted by Gasteiger charge is 2.33. The summed E-state index contributed by atoms with van der Waals surface area (Å²) in [6, 6.07) is 4.20. The molecule has 0 radical (unpaired) electrons. The van der Waals surface area contributed by atoms with E-state index in [1.165, 1.54) is 24.9 Å². The fraction of sp³-hybridized carbons (Fsp3) is 0.500. The smallest absolute Gasteiger partial charge is 0.220 e. The molecule has 5 heteroatoms. The van der Waals surface area contributed by atoms with Gasteiger partial charge >= 0.3 is 6.18 Å². The second-order valence-corrected chi connectivity index (χ2v) is 6.95. The minimum atomic E-state index is -4.32. The molecule has 0 heterocycles. The van der Waals surface area contributed by atoms with Crippen molar-refractivity contribution in [2.24, 2.45) is 4.40 Å². The summed E-state index contributed by atoms with van der Waals surface area (Å²) in [6.07, 6.45) is -4.32. The maximum Gasteiger partial charge on any atom is 0.416 e. The summed E-state index contributed by atoms with van der Waals surface area (Å²) in [5.74, 6) is 0. The van der Waals surface area contributed by atoms with E-state index in [0.717, 1.165) is 6.07 Å². The van der Waals surface area contributed by atoms with Crippen LogP contribution in [0.25, 0.3) is 0 Å². The van der Waals surface area contributed by atoms with Gasteiger partial charge in [0.15, 0.2) is 0 Å². The Bertz CT molecular complexity index is 484. The second kappa shape index (κ2) is 5.57. The summed E-state index contributed by atoms with van der Waals surface area (Å²) in [5.41, 5.74) is 0.793. The van der Waals surface area contributed by atoms with Crippen LogP contribution >= 0.6 is 11.9 Å². The van der Waals surface area contributed by atoms with Crippen molar-refractivity contribution >= 4 is 17.7 Å². The van der Waals surface area contributed by atoms with Crippen LogP contribution in [0.5, 0.6) is 0 Å². The average Bonchev–Trinajstić information content (AvgIpc) is 2.23. The third kappa shape index (κ3) is 4.56. The van der Waals surface area contributed by atoms with Gasteiger partial charge in [-0.2, -0.15) is 13.2 Å². The highest BCUT2D eigenvalue weighted by molar-refractivity contribution is 7.99. The molecule has 0 spiro atoms. The molecule has 1 nitrogen and oxygen atoms in total. The van der Waals surface area contributed by atoms with Gasteiger partial charge in [0.1, 0.15) is 0 Å². The minimum Gasteiger partial charge on any atom is -0.220 e. The first-order valence-corrected chi connectivity index (χ1v) is 6.69. The van der Waals surface area contributed by atoms with Gasteiger partial charge in [-0.15, -0.1) is 0 Å². The fourth-order valence-electron chi connectivity index (χ4n) is 1.59. The number of alkyl halides is 3. The first-order valence-electron chi connectivity index (χ1n) is 5.92. The van der Waals surface area contributed by atoms with Crippen molar-refractivity contribution in [2.75, 3.05) is 0 Å². The Labute approximate surface area is 116 Å². The maximum absolute atomic E-state index is 12.8. The van der Waals surface area contributed by atoms with Crippen LogP contribution < -0.4 is 0 Å². The van der Waals surface area contributed by atoms with Crippen LogP contribution in [0.15, 0.2) is 22.6 Å². The van der Waals surface area contributed by atoms with Gasteiger partial charge in [-0.25, -0.2) is 4.40 Å². The third-order valence-electron chi connectivity index (χ3n) is 2.49. The molecule has 1 aromatic carbocycles. The molecule has 1 rings (SSSR count). The number of hydrogen-bond acceptors (Lipinski definition) is 2. The molecule has 0 aliphatic rings. The van der Waals surface area contributed by atoms with Crippen LogP contribution in [-0.2, 0) is 6.18 Å². The normalized spacial score (nSPS) is 13.8. The SMILES string of the molecule is C/C(=N\SC(C)(C)C)c1cccc(C(F)(F)F)c1C. The zero-order valence-corrected chi connectivity index (χ0v) is 12.5. The summed E-state index contributed by atoms with van der Waals surface area (Å²) in [7, 11) is 0. The van der Waals surface area contributed by atoms with Crippen molar-refractivity contribution in [1.82, 2.24) is 0 Å². The van der Waals surface area contributed by atoms with E-state index >= 15 is 0 Å². The van der Waals surface area contributed by atoms with Gasteiger partial charge in [-0.05, 0) is 63.8 Å². The van der Waals surface area contributed by atoms with Gasteiger partial charge in [0, 0.05) is 4.75 Å². The topological polar surface area (TPSA) is 12.4 Å². The first-order chi connectivity index (χ1) is 8.52. The number of hydrogen-bond donors (Lipinski definition) is 0.